The molecule has 23 heavy (non-hydrogen) atoms. The van der Waals surface area contributed by atoms with Gasteiger partial charge in [-0.25, -0.2) is 18.7 Å². The highest BCUT2D eigenvalue weighted by atomic mass is 19.1. The van der Waals surface area contributed by atoms with Crippen molar-refractivity contribution in [2.45, 2.75) is 18.5 Å². The van der Waals surface area contributed by atoms with Crippen LogP contribution in [0.1, 0.15) is 12.8 Å². The van der Waals surface area contributed by atoms with Crippen molar-refractivity contribution < 1.29 is 13.6 Å². The van der Waals surface area contributed by atoms with Crippen molar-refractivity contribution >= 4 is 11.6 Å². The van der Waals surface area contributed by atoms with Crippen LogP contribution < -0.4 is 10.6 Å². The number of carbonyl (C=O) groups excluding carboxylic acids is 1. The molecule has 2 heterocycles. The molecule has 1 aromatic heterocycles. The average Bonchev–Trinajstić information content (AvgIpc) is 2.56. The minimum absolute atomic E-state index is 0.0279. The molecule has 1 saturated heterocycles. The molecule has 1 amide bonds. The number of amides is 1. The Kier molecular flexibility index (Phi) is 3.94. The number of alkyl halides is 1. The van der Waals surface area contributed by atoms with Gasteiger partial charge in [0.1, 0.15) is 12.1 Å². The van der Waals surface area contributed by atoms with Gasteiger partial charge in [0.15, 0.2) is 5.67 Å². The Balaban J connectivity index is 1.87. The fraction of sp³-hybridized carbons (Fsp3) is 0.312. The number of hydrogen-bond donors (Lipinski definition) is 1. The molecule has 3 rings (SSSR count). The summed E-state index contributed by atoms with van der Waals surface area (Å²) in [6.45, 7) is 0.669. The van der Waals surface area contributed by atoms with Gasteiger partial charge in [0, 0.05) is 31.5 Å². The smallest absolute Gasteiger partial charge is 0.255 e. The maximum absolute atomic E-state index is 14.3. The summed E-state index contributed by atoms with van der Waals surface area (Å²) in [4.78, 5) is 21.4. The van der Waals surface area contributed by atoms with Crippen LogP contribution in [0.2, 0.25) is 0 Å². The second-order valence-electron chi connectivity index (χ2n) is 5.58. The number of benzene rings is 1. The normalized spacial score (nSPS) is 17.0. The summed E-state index contributed by atoms with van der Waals surface area (Å²) in [5.41, 5.74) is 5.29. The van der Waals surface area contributed by atoms with E-state index in [0.29, 0.717) is 18.8 Å². The lowest BCUT2D eigenvalue weighted by Gasteiger charge is -2.36. The molecule has 2 N–H and O–H groups in total. The van der Waals surface area contributed by atoms with E-state index in [4.69, 9.17) is 5.73 Å². The fourth-order valence-electron chi connectivity index (χ4n) is 2.73. The summed E-state index contributed by atoms with van der Waals surface area (Å²) >= 11 is 0. The Labute approximate surface area is 132 Å². The molecule has 0 unspecified atom stereocenters. The first-order chi connectivity index (χ1) is 11.0. The predicted octanol–water partition coefficient (Wildman–Crippen LogP) is 2.08. The number of carbonyl (C=O) groups is 1. The third-order valence-electron chi connectivity index (χ3n) is 4.15. The van der Waals surface area contributed by atoms with Gasteiger partial charge in [-0.2, -0.15) is 0 Å². The lowest BCUT2D eigenvalue weighted by molar-refractivity contribution is -0.130. The van der Waals surface area contributed by atoms with Gasteiger partial charge in [0.05, 0.1) is 17.6 Å². The summed E-state index contributed by atoms with van der Waals surface area (Å²) in [6, 6.07) is 5.98. The maximum Gasteiger partial charge on any atom is 0.255 e. The Morgan fingerprint density at radius 3 is 2.48 bits per heavy atom. The number of nitrogens with zero attached hydrogens (tertiary/aromatic N) is 3. The molecule has 1 fully saturated rings. The average molecular weight is 318 g/mol. The first-order valence-electron chi connectivity index (χ1n) is 7.29. The zero-order valence-electron chi connectivity index (χ0n) is 12.4. The molecule has 7 heteroatoms. The van der Waals surface area contributed by atoms with Gasteiger partial charge in [0.2, 0.25) is 0 Å². The minimum atomic E-state index is -1.96. The number of hydrogen-bond acceptors (Lipinski definition) is 4. The van der Waals surface area contributed by atoms with Crippen LogP contribution in [0.3, 0.4) is 0 Å². The van der Waals surface area contributed by atoms with E-state index in [-0.39, 0.29) is 18.7 Å². The fourth-order valence-corrected chi connectivity index (χ4v) is 2.73. The van der Waals surface area contributed by atoms with Crippen molar-refractivity contribution in [2.75, 3.05) is 18.0 Å². The van der Waals surface area contributed by atoms with Crippen molar-refractivity contribution in [3.63, 3.8) is 0 Å². The van der Waals surface area contributed by atoms with Crippen LogP contribution in [0.15, 0.2) is 36.8 Å². The number of rotatable bonds is 3. The van der Waals surface area contributed by atoms with Gasteiger partial charge < -0.3 is 10.6 Å². The van der Waals surface area contributed by atoms with Crippen molar-refractivity contribution in [2.24, 2.45) is 5.73 Å². The second-order valence-corrected chi connectivity index (χ2v) is 5.58. The number of nitrogens with two attached hydrogens (primary N) is 1. The molecule has 2 aromatic rings. The molecule has 1 aromatic carbocycles. The summed E-state index contributed by atoms with van der Waals surface area (Å²) in [6.07, 6.45) is 3.11. The van der Waals surface area contributed by atoms with Gasteiger partial charge in [-0.05, 0) is 24.3 Å². The molecule has 0 bridgehead atoms. The van der Waals surface area contributed by atoms with Crippen LogP contribution in [0, 0.1) is 5.82 Å². The molecule has 0 radical (unpaired) electrons. The maximum atomic E-state index is 14.3. The van der Waals surface area contributed by atoms with Crippen LogP contribution >= 0.6 is 0 Å². The first kappa shape index (κ1) is 15.3. The standard InChI is InChI=1S/C16H16F2N4O/c17-12-3-1-11(2-4-12)14-13(9-20-10-21-14)22-7-5-16(18,6-8-22)15(19)23/h1-4,9-10H,5-8H2,(H2,19,23). The van der Waals surface area contributed by atoms with Crippen LogP contribution in [0.25, 0.3) is 11.3 Å². The van der Waals surface area contributed by atoms with E-state index in [2.05, 4.69) is 9.97 Å². The van der Waals surface area contributed by atoms with E-state index in [9.17, 15) is 13.6 Å². The van der Waals surface area contributed by atoms with Crippen LogP contribution in [0.5, 0.6) is 0 Å². The lowest BCUT2D eigenvalue weighted by Crippen LogP contribution is -2.49. The number of aromatic nitrogens is 2. The molecular formula is C16H16F2N4O. The Bertz CT molecular complexity index is 712. The van der Waals surface area contributed by atoms with Crippen LogP contribution in [0.4, 0.5) is 14.5 Å². The Morgan fingerprint density at radius 2 is 1.87 bits per heavy atom. The topological polar surface area (TPSA) is 72.1 Å². The third-order valence-corrected chi connectivity index (χ3v) is 4.15. The lowest BCUT2D eigenvalue weighted by atomic mass is 9.92. The second kappa shape index (κ2) is 5.91. The summed E-state index contributed by atoms with van der Waals surface area (Å²) in [5, 5.41) is 0. The zero-order chi connectivity index (χ0) is 16.4. The summed E-state index contributed by atoms with van der Waals surface area (Å²) < 4.78 is 27.4. The molecule has 5 nitrogen and oxygen atoms in total. The van der Waals surface area contributed by atoms with Gasteiger partial charge in [-0.15, -0.1) is 0 Å². The quantitative estimate of drug-likeness (QED) is 0.940. The number of primary amides is 1. The molecule has 1 aliphatic heterocycles. The van der Waals surface area contributed by atoms with Gasteiger partial charge >= 0.3 is 0 Å². The van der Waals surface area contributed by atoms with E-state index in [1.54, 1.807) is 18.3 Å². The largest absolute Gasteiger partial charge is 0.368 e. The van der Waals surface area contributed by atoms with Crippen LogP contribution in [-0.2, 0) is 4.79 Å². The van der Waals surface area contributed by atoms with Gasteiger partial charge in [-0.3, -0.25) is 4.79 Å². The summed E-state index contributed by atoms with van der Waals surface area (Å²) in [7, 11) is 0. The molecular weight excluding hydrogens is 302 g/mol. The van der Waals surface area contributed by atoms with Gasteiger partial charge in [0.25, 0.3) is 5.91 Å². The van der Waals surface area contributed by atoms with Gasteiger partial charge in [-0.1, -0.05) is 0 Å². The SMILES string of the molecule is NC(=O)C1(F)CCN(c2cncnc2-c2ccc(F)cc2)CC1. The molecule has 0 spiro atoms. The molecule has 0 atom stereocenters. The van der Waals surface area contributed by atoms with E-state index in [1.807, 2.05) is 4.90 Å². The Morgan fingerprint density at radius 1 is 1.22 bits per heavy atom. The highest BCUT2D eigenvalue weighted by molar-refractivity contribution is 5.84. The van der Waals surface area contributed by atoms with Crippen molar-refractivity contribution in [1.82, 2.24) is 9.97 Å². The first-order valence-corrected chi connectivity index (χ1v) is 7.29. The third kappa shape index (κ3) is 2.99. The van der Waals surface area contributed by atoms with E-state index >= 15 is 0 Å². The van der Waals surface area contributed by atoms with E-state index in [1.165, 1.54) is 18.5 Å². The Hall–Kier alpha value is -2.57. The summed E-state index contributed by atoms with van der Waals surface area (Å²) in [5.74, 6) is -1.24. The zero-order valence-corrected chi connectivity index (χ0v) is 12.4. The van der Waals surface area contributed by atoms with Crippen LogP contribution in [-0.4, -0.2) is 34.6 Å². The van der Waals surface area contributed by atoms with E-state index in [0.717, 1.165) is 11.3 Å². The van der Waals surface area contributed by atoms with E-state index < -0.39 is 11.6 Å². The molecule has 0 aliphatic carbocycles. The van der Waals surface area contributed by atoms with Crippen molar-refractivity contribution in [1.29, 1.82) is 0 Å². The molecule has 0 saturated carbocycles. The number of halogens is 2. The number of anilines is 1. The highest BCUT2D eigenvalue weighted by Crippen LogP contribution is 2.33. The molecule has 120 valence electrons. The highest BCUT2D eigenvalue weighted by Gasteiger charge is 2.40. The monoisotopic (exact) mass is 318 g/mol. The van der Waals surface area contributed by atoms with Crippen molar-refractivity contribution in [3.05, 3.63) is 42.6 Å². The predicted molar refractivity (Wildman–Crippen MR) is 81.9 cm³/mol. The molecule has 1 aliphatic rings. The minimum Gasteiger partial charge on any atom is -0.368 e. The number of piperidine rings is 1. The van der Waals surface area contributed by atoms with Crippen molar-refractivity contribution in [3.8, 4) is 11.3 Å².